The number of aryl methyl sites for hydroxylation is 1. The van der Waals surface area contributed by atoms with E-state index in [1.807, 2.05) is 43.0 Å². The average molecular weight is 324 g/mol. The van der Waals surface area contributed by atoms with E-state index < -0.39 is 0 Å². The fourth-order valence-corrected chi connectivity index (χ4v) is 4.36. The summed E-state index contributed by atoms with van der Waals surface area (Å²) in [7, 11) is 0. The molecule has 1 saturated carbocycles. The molecule has 4 heteroatoms. The third-order valence-electron chi connectivity index (χ3n) is 4.30. The number of H-pyrrole nitrogens is 1. The molecule has 3 nitrogen and oxygen atoms in total. The van der Waals surface area contributed by atoms with Gasteiger partial charge in [0.15, 0.2) is 0 Å². The summed E-state index contributed by atoms with van der Waals surface area (Å²) in [5.74, 6) is 0. The van der Waals surface area contributed by atoms with Gasteiger partial charge in [0.1, 0.15) is 11.6 Å². The lowest BCUT2D eigenvalue weighted by molar-refractivity contribution is 0.516. The van der Waals surface area contributed by atoms with Gasteiger partial charge in [-0.3, -0.25) is 4.79 Å². The summed E-state index contributed by atoms with van der Waals surface area (Å²) in [5.41, 5.74) is 2.27. The number of hydrogen-bond acceptors (Lipinski definition) is 3. The molecule has 23 heavy (non-hydrogen) atoms. The molecule has 1 aliphatic carbocycles. The Morgan fingerprint density at radius 2 is 1.87 bits per heavy atom. The Kier molecular flexibility index (Phi) is 4.88. The highest BCUT2D eigenvalue weighted by Crippen LogP contribution is 2.34. The Bertz CT molecular complexity index is 780. The second kappa shape index (κ2) is 7.06. The smallest absolute Gasteiger partial charge is 0.266 e. The molecule has 118 valence electrons. The quantitative estimate of drug-likeness (QED) is 0.894. The summed E-state index contributed by atoms with van der Waals surface area (Å²) in [5, 5.41) is 9.98. The van der Waals surface area contributed by atoms with Crippen LogP contribution in [0.15, 0.2) is 40.0 Å². The second-order valence-corrected chi connectivity index (χ2v) is 7.46. The van der Waals surface area contributed by atoms with Gasteiger partial charge < -0.3 is 4.98 Å². The van der Waals surface area contributed by atoms with Gasteiger partial charge in [0.25, 0.3) is 5.56 Å². The molecule has 1 aliphatic rings. The van der Waals surface area contributed by atoms with Crippen LogP contribution < -0.4 is 5.56 Å². The minimum absolute atomic E-state index is 0.184. The summed E-state index contributed by atoms with van der Waals surface area (Å²) in [4.78, 5) is 15.9. The van der Waals surface area contributed by atoms with E-state index in [2.05, 4.69) is 17.1 Å². The van der Waals surface area contributed by atoms with Crippen molar-refractivity contribution in [3.63, 3.8) is 0 Å². The van der Waals surface area contributed by atoms with Crippen LogP contribution in [-0.2, 0) is 0 Å². The number of thioether (sulfide) groups is 1. The predicted octanol–water partition coefficient (Wildman–Crippen LogP) is 4.65. The van der Waals surface area contributed by atoms with Crippen molar-refractivity contribution in [2.45, 2.75) is 49.2 Å². The molecular weight excluding hydrogens is 304 g/mol. The third kappa shape index (κ3) is 3.68. The van der Waals surface area contributed by atoms with Gasteiger partial charge in [-0.05, 0) is 43.5 Å². The summed E-state index contributed by atoms with van der Waals surface area (Å²) in [6.45, 7) is 1.83. The fraction of sp³-hybridized carbons (Fsp3) is 0.368. The first-order valence-electron chi connectivity index (χ1n) is 8.08. The Labute approximate surface area is 140 Å². The molecule has 0 bridgehead atoms. The maximum atomic E-state index is 11.9. The summed E-state index contributed by atoms with van der Waals surface area (Å²) < 4.78 is 0. The van der Waals surface area contributed by atoms with Gasteiger partial charge in [0.2, 0.25) is 0 Å². The number of aromatic nitrogens is 1. The van der Waals surface area contributed by atoms with E-state index in [0.717, 1.165) is 16.5 Å². The molecule has 1 aromatic heterocycles. The zero-order valence-electron chi connectivity index (χ0n) is 13.3. The molecule has 0 aliphatic heterocycles. The van der Waals surface area contributed by atoms with E-state index in [0.29, 0.717) is 5.56 Å². The van der Waals surface area contributed by atoms with E-state index in [1.54, 1.807) is 0 Å². The number of nitriles is 1. The summed E-state index contributed by atoms with van der Waals surface area (Å²) in [6.07, 6.45) is 6.66. The van der Waals surface area contributed by atoms with Gasteiger partial charge in [-0.2, -0.15) is 5.26 Å². The van der Waals surface area contributed by atoms with Gasteiger partial charge in [-0.1, -0.05) is 31.4 Å². The zero-order chi connectivity index (χ0) is 16.2. The Morgan fingerprint density at radius 3 is 2.52 bits per heavy atom. The van der Waals surface area contributed by atoms with Crippen molar-refractivity contribution in [1.29, 1.82) is 5.26 Å². The first kappa shape index (κ1) is 15.9. The van der Waals surface area contributed by atoms with E-state index in [1.165, 1.54) is 37.0 Å². The number of rotatable bonds is 3. The molecule has 0 radical (unpaired) electrons. The molecule has 1 N–H and O–H groups in total. The van der Waals surface area contributed by atoms with Crippen LogP contribution in [0.5, 0.6) is 0 Å². The van der Waals surface area contributed by atoms with Gasteiger partial charge in [0.05, 0.1) is 0 Å². The molecule has 1 fully saturated rings. The van der Waals surface area contributed by atoms with Crippen molar-refractivity contribution < 1.29 is 0 Å². The average Bonchev–Trinajstić information content (AvgIpc) is 2.56. The lowest BCUT2D eigenvalue weighted by atomic mass is 10.0. The molecule has 1 heterocycles. The highest BCUT2D eigenvalue weighted by atomic mass is 32.2. The molecule has 1 aromatic carbocycles. The van der Waals surface area contributed by atoms with Gasteiger partial charge >= 0.3 is 0 Å². The third-order valence-corrected chi connectivity index (χ3v) is 5.65. The normalized spacial score (nSPS) is 15.3. The zero-order valence-corrected chi connectivity index (χ0v) is 14.1. The minimum Gasteiger partial charge on any atom is -0.325 e. The van der Waals surface area contributed by atoms with Crippen LogP contribution >= 0.6 is 11.8 Å². The SMILES string of the molecule is Cc1cc(-c2ccc(SC3CCCCC3)cc2)c(C#N)c(=O)[nH]1. The van der Waals surface area contributed by atoms with Crippen LogP contribution in [0.3, 0.4) is 0 Å². The van der Waals surface area contributed by atoms with Crippen molar-refractivity contribution in [1.82, 2.24) is 4.98 Å². The van der Waals surface area contributed by atoms with E-state index in [9.17, 15) is 10.1 Å². The highest BCUT2D eigenvalue weighted by molar-refractivity contribution is 8.00. The van der Waals surface area contributed by atoms with Crippen molar-refractivity contribution in [3.8, 4) is 17.2 Å². The molecule has 0 unspecified atom stereocenters. The van der Waals surface area contributed by atoms with E-state index in [-0.39, 0.29) is 11.1 Å². The molecule has 0 spiro atoms. The molecule has 0 atom stereocenters. The Morgan fingerprint density at radius 1 is 1.17 bits per heavy atom. The lowest BCUT2D eigenvalue weighted by Gasteiger charge is -2.21. The number of hydrogen-bond donors (Lipinski definition) is 1. The van der Waals surface area contributed by atoms with Crippen molar-refractivity contribution in [3.05, 3.63) is 51.9 Å². The first-order chi connectivity index (χ1) is 11.2. The lowest BCUT2D eigenvalue weighted by Crippen LogP contribution is -2.12. The molecule has 3 rings (SSSR count). The maximum absolute atomic E-state index is 11.9. The van der Waals surface area contributed by atoms with Gasteiger partial charge in [-0.25, -0.2) is 0 Å². The standard InChI is InChI=1S/C19H20N2OS/c1-13-11-17(18(12-20)19(22)21-13)14-7-9-16(10-8-14)23-15-5-3-2-4-6-15/h7-11,15H,2-6H2,1H3,(H,21,22). The van der Waals surface area contributed by atoms with Crippen molar-refractivity contribution in [2.24, 2.45) is 0 Å². The molecule has 2 aromatic rings. The molecular formula is C19H20N2OS. The number of benzene rings is 1. The number of nitrogens with zero attached hydrogens (tertiary/aromatic N) is 1. The van der Waals surface area contributed by atoms with Crippen LogP contribution in [0.25, 0.3) is 11.1 Å². The predicted molar refractivity (Wildman–Crippen MR) is 94.7 cm³/mol. The van der Waals surface area contributed by atoms with Gasteiger partial charge in [-0.15, -0.1) is 11.8 Å². The van der Waals surface area contributed by atoms with Crippen molar-refractivity contribution in [2.75, 3.05) is 0 Å². The summed E-state index contributed by atoms with van der Waals surface area (Å²) in [6, 6.07) is 12.1. The molecule has 0 amide bonds. The highest BCUT2D eigenvalue weighted by Gasteiger charge is 2.15. The van der Waals surface area contributed by atoms with Gasteiger partial charge in [0, 0.05) is 21.4 Å². The Hall–Kier alpha value is -1.99. The number of pyridine rings is 1. The van der Waals surface area contributed by atoms with E-state index in [4.69, 9.17) is 0 Å². The largest absolute Gasteiger partial charge is 0.325 e. The summed E-state index contributed by atoms with van der Waals surface area (Å²) >= 11 is 1.95. The first-order valence-corrected chi connectivity index (χ1v) is 8.96. The minimum atomic E-state index is -0.317. The van der Waals surface area contributed by atoms with Crippen LogP contribution in [0, 0.1) is 18.3 Å². The van der Waals surface area contributed by atoms with Crippen LogP contribution in [0.2, 0.25) is 0 Å². The van der Waals surface area contributed by atoms with Crippen LogP contribution in [-0.4, -0.2) is 10.2 Å². The second-order valence-electron chi connectivity index (χ2n) is 6.08. The number of aromatic amines is 1. The van der Waals surface area contributed by atoms with Crippen LogP contribution in [0.1, 0.15) is 43.4 Å². The van der Waals surface area contributed by atoms with Crippen LogP contribution in [0.4, 0.5) is 0 Å². The Balaban J connectivity index is 1.85. The molecule has 0 saturated heterocycles. The van der Waals surface area contributed by atoms with Crippen molar-refractivity contribution >= 4 is 11.8 Å². The monoisotopic (exact) mass is 324 g/mol. The number of nitrogens with one attached hydrogen (secondary N) is 1. The topological polar surface area (TPSA) is 56.6 Å². The van der Waals surface area contributed by atoms with E-state index >= 15 is 0 Å². The maximum Gasteiger partial charge on any atom is 0.266 e. The fourth-order valence-electron chi connectivity index (χ4n) is 3.12.